The van der Waals surface area contributed by atoms with Crippen LogP contribution in [0.15, 0.2) is 18.2 Å². The van der Waals surface area contributed by atoms with Crippen molar-refractivity contribution < 1.29 is 19.4 Å². The van der Waals surface area contributed by atoms with Gasteiger partial charge >= 0.3 is 6.03 Å². The Morgan fingerprint density at radius 3 is 2.79 bits per heavy atom. The molecule has 0 aromatic heterocycles. The maximum Gasteiger partial charge on any atom is 0.322 e. The van der Waals surface area contributed by atoms with Crippen LogP contribution in [0.5, 0.6) is 11.5 Å². The fourth-order valence-corrected chi connectivity index (χ4v) is 3.95. The van der Waals surface area contributed by atoms with Gasteiger partial charge in [0.1, 0.15) is 0 Å². The lowest BCUT2D eigenvalue weighted by molar-refractivity contribution is -0.105. The quantitative estimate of drug-likeness (QED) is 0.873. The molecular formula is C18H24N2O4. The Morgan fingerprint density at radius 1 is 1.21 bits per heavy atom. The fourth-order valence-electron chi connectivity index (χ4n) is 3.95. The van der Waals surface area contributed by atoms with E-state index in [1.165, 1.54) is 6.42 Å². The van der Waals surface area contributed by atoms with Gasteiger partial charge in [-0.25, -0.2) is 4.79 Å². The molecule has 2 N–H and O–H groups in total. The third-order valence-corrected chi connectivity index (χ3v) is 5.25. The molecule has 2 amide bonds. The van der Waals surface area contributed by atoms with Crippen LogP contribution in [0.1, 0.15) is 44.9 Å². The Bertz CT molecular complexity index is 627. The van der Waals surface area contributed by atoms with E-state index in [1.54, 1.807) is 4.90 Å². The number of fused-ring (bicyclic) bond motifs is 1. The third kappa shape index (κ3) is 2.79. The molecule has 0 unspecified atom stereocenters. The van der Waals surface area contributed by atoms with Crippen molar-refractivity contribution >= 4 is 11.7 Å². The molecule has 6 nitrogen and oxygen atoms in total. The summed E-state index contributed by atoms with van der Waals surface area (Å²) in [5, 5.41) is 12.3. The van der Waals surface area contributed by atoms with Gasteiger partial charge in [-0.1, -0.05) is 6.42 Å². The lowest BCUT2D eigenvalue weighted by atomic mass is 9.94. The number of rotatable bonds is 2. The minimum atomic E-state index is -0.500. The van der Waals surface area contributed by atoms with Crippen LogP contribution < -0.4 is 14.8 Å². The number of amides is 2. The van der Waals surface area contributed by atoms with E-state index in [2.05, 4.69) is 5.32 Å². The van der Waals surface area contributed by atoms with Gasteiger partial charge in [0.25, 0.3) is 5.79 Å². The van der Waals surface area contributed by atoms with Crippen LogP contribution >= 0.6 is 0 Å². The Labute approximate surface area is 141 Å². The third-order valence-electron chi connectivity index (χ3n) is 5.25. The molecule has 4 rings (SSSR count). The maximum atomic E-state index is 12.4. The van der Waals surface area contributed by atoms with E-state index in [0.29, 0.717) is 18.0 Å². The number of hydrogen-bond donors (Lipinski definition) is 2. The van der Waals surface area contributed by atoms with Gasteiger partial charge in [-0.3, -0.25) is 0 Å². The molecule has 0 bridgehead atoms. The summed E-state index contributed by atoms with van der Waals surface area (Å²) < 4.78 is 12.1. The highest BCUT2D eigenvalue weighted by atomic mass is 16.7. The highest BCUT2D eigenvalue weighted by Gasteiger charge is 2.42. The topological polar surface area (TPSA) is 71.0 Å². The predicted octanol–water partition coefficient (Wildman–Crippen LogP) is 3.11. The zero-order valence-corrected chi connectivity index (χ0v) is 13.8. The molecule has 1 aliphatic carbocycles. The summed E-state index contributed by atoms with van der Waals surface area (Å²) in [4.78, 5) is 14.1. The van der Waals surface area contributed by atoms with E-state index in [-0.39, 0.29) is 18.7 Å². The molecule has 1 spiro atoms. The van der Waals surface area contributed by atoms with Gasteiger partial charge in [-0.2, -0.15) is 0 Å². The fraction of sp³-hybridized carbons (Fsp3) is 0.611. The molecule has 1 aromatic carbocycles. The number of carbonyl (C=O) groups is 1. The number of ether oxygens (including phenoxy) is 2. The number of nitrogens with zero attached hydrogens (tertiary/aromatic N) is 1. The molecule has 0 radical (unpaired) electrons. The molecule has 130 valence electrons. The Balaban J connectivity index is 1.45. The monoisotopic (exact) mass is 332 g/mol. The maximum absolute atomic E-state index is 12.4. The van der Waals surface area contributed by atoms with Crippen molar-refractivity contribution in [2.24, 2.45) is 0 Å². The normalized spacial score (nSPS) is 24.4. The predicted molar refractivity (Wildman–Crippen MR) is 89.3 cm³/mol. The van der Waals surface area contributed by atoms with E-state index in [4.69, 9.17) is 9.47 Å². The SMILES string of the molecule is O=C(Nc1ccc2c(c1)OC1(CCCCC1)O2)N1CCC[C@@H]1CO. The van der Waals surface area contributed by atoms with Gasteiger partial charge in [0.2, 0.25) is 0 Å². The molecule has 1 saturated heterocycles. The van der Waals surface area contributed by atoms with E-state index in [9.17, 15) is 9.90 Å². The largest absolute Gasteiger partial charge is 0.448 e. The van der Waals surface area contributed by atoms with Crippen molar-refractivity contribution in [2.45, 2.75) is 56.8 Å². The molecule has 1 atom stereocenters. The molecule has 6 heteroatoms. The summed E-state index contributed by atoms with van der Waals surface area (Å²) >= 11 is 0. The zero-order valence-electron chi connectivity index (χ0n) is 13.8. The van der Waals surface area contributed by atoms with Crippen LogP contribution in [-0.4, -0.2) is 41.0 Å². The van der Waals surface area contributed by atoms with Crippen LogP contribution in [0.4, 0.5) is 10.5 Å². The second-order valence-corrected chi connectivity index (χ2v) is 6.94. The number of aliphatic hydroxyl groups excluding tert-OH is 1. The Hall–Kier alpha value is -1.95. The van der Waals surface area contributed by atoms with E-state index >= 15 is 0 Å². The van der Waals surface area contributed by atoms with Gasteiger partial charge < -0.3 is 24.8 Å². The minimum Gasteiger partial charge on any atom is -0.448 e. The molecule has 2 fully saturated rings. The molecule has 2 aliphatic heterocycles. The van der Waals surface area contributed by atoms with E-state index in [1.807, 2.05) is 18.2 Å². The van der Waals surface area contributed by atoms with E-state index < -0.39 is 5.79 Å². The average molecular weight is 332 g/mol. The van der Waals surface area contributed by atoms with Crippen molar-refractivity contribution in [1.29, 1.82) is 0 Å². The zero-order chi connectivity index (χ0) is 16.6. The highest BCUT2D eigenvalue weighted by Crippen LogP contribution is 2.46. The number of anilines is 1. The minimum absolute atomic E-state index is 0.0110. The van der Waals surface area contributed by atoms with Crippen molar-refractivity contribution in [3.05, 3.63) is 18.2 Å². The summed E-state index contributed by atoms with van der Waals surface area (Å²) in [5.41, 5.74) is 0.693. The lowest BCUT2D eigenvalue weighted by Gasteiger charge is -2.31. The van der Waals surface area contributed by atoms with Crippen molar-refractivity contribution in [1.82, 2.24) is 4.90 Å². The van der Waals surface area contributed by atoms with Crippen molar-refractivity contribution in [3.8, 4) is 11.5 Å². The number of likely N-dealkylation sites (tertiary alicyclic amines) is 1. The summed E-state index contributed by atoms with van der Waals surface area (Å²) in [5.74, 6) is 0.958. The number of benzene rings is 1. The Morgan fingerprint density at radius 2 is 2.00 bits per heavy atom. The first-order valence-corrected chi connectivity index (χ1v) is 8.90. The van der Waals surface area contributed by atoms with E-state index in [0.717, 1.165) is 44.3 Å². The lowest BCUT2D eigenvalue weighted by Crippen LogP contribution is -2.40. The molecule has 3 aliphatic rings. The number of urea groups is 1. The number of nitrogens with one attached hydrogen (secondary N) is 1. The molecule has 1 saturated carbocycles. The average Bonchev–Trinajstić information content (AvgIpc) is 3.19. The first kappa shape index (κ1) is 15.6. The standard InChI is InChI=1S/C18H24N2O4/c21-12-14-5-4-10-20(14)17(22)19-13-6-7-15-16(11-13)24-18(23-15)8-2-1-3-9-18/h6-7,11,14,21H,1-5,8-10,12H2,(H,19,22)/t14-/m1/s1. The first-order valence-electron chi connectivity index (χ1n) is 8.90. The summed E-state index contributed by atoms with van der Waals surface area (Å²) in [6.07, 6.45) is 7.08. The molecular weight excluding hydrogens is 308 g/mol. The molecule has 1 aromatic rings. The number of hydrogen-bond acceptors (Lipinski definition) is 4. The number of carbonyl (C=O) groups excluding carboxylic acids is 1. The van der Waals surface area contributed by atoms with Crippen LogP contribution in [-0.2, 0) is 0 Å². The molecule has 24 heavy (non-hydrogen) atoms. The summed E-state index contributed by atoms with van der Waals surface area (Å²) in [6.45, 7) is 0.696. The summed E-state index contributed by atoms with van der Waals surface area (Å²) in [7, 11) is 0. The first-order chi connectivity index (χ1) is 11.7. The van der Waals surface area contributed by atoms with Crippen LogP contribution in [0.25, 0.3) is 0 Å². The smallest absolute Gasteiger partial charge is 0.322 e. The van der Waals surface area contributed by atoms with Crippen molar-refractivity contribution in [2.75, 3.05) is 18.5 Å². The second kappa shape index (κ2) is 6.16. The number of aliphatic hydroxyl groups is 1. The Kier molecular flexibility index (Phi) is 4.00. The van der Waals surface area contributed by atoms with Gasteiger partial charge in [-0.05, 0) is 37.8 Å². The highest BCUT2D eigenvalue weighted by molar-refractivity contribution is 5.90. The van der Waals surface area contributed by atoms with Crippen LogP contribution in [0.2, 0.25) is 0 Å². The van der Waals surface area contributed by atoms with Crippen LogP contribution in [0.3, 0.4) is 0 Å². The van der Waals surface area contributed by atoms with Gasteiger partial charge in [0.15, 0.2) is 11.5 Å². The molecule has 2 heterocycles. The second-order valence-electron chi connectivity index (χ2n) is 6.94. The summed E-state index contributed by atoms with van der Waals surface area (Å²) in [6, 6.07) is 5.29. The van der Waals surface area contributed by atoms with Gasteiger partial charge in [0, 0.05) is 31.1 Å². The van der Waals surface area contributed by atoms with Gasteiger partial charge in [0.05, 0.1) is 12.6 Å². The van der Waals surface area contributed by atoms with Crippen molar-refractivity contribution in [3.63, 3.8) is 0 Å². The van der Waals surface area contributed by atoms with Crippen LogP contribution in [0, 0.1) is 0 Å². The van der Waals surface area contributed by atoms with Gasteiger partial charge in [-0.15, -0.1) is 0 Å².